The van der Waals surface area contributed by atoms with Gasteiger partial charge in [-0.1, -0.05) is 6.92 Å². The highest BCUT2D eigenvalue weighted by Crippen LogP contribution is 2.37. The highest BCUT2D eigenvalue weighted by atomic mass is 32.1. The van der Waals surface area contributed by atoms with Crippen molar-refractivity contribution in [2.45, 2.75) is 40.7 Å². The molecule has 0 amide bonds. The van der Waals surface area contributed by atoms with Gasteiger partial charge in [0.05, 0.1) is 18.6 Å². The zero-order valence-corrected chi connectivity index (χ0v) is 14.2. The summed E-state index contributed by atoms with van der Waals surface area (Å²) in [6.07, 6.45) is 0. The Kier molecular flexibility index (Phi) is 5.78. The van der Waals surface area contributed by atoms with Crippen LogP contribution in [0, 0.1) is 19.8 Å². The Morgan fingerprint density at radius 2 is 1.86 bits per heavy atom. The molecular weight excluding hydrogens is 290 g/mol. The number of carbonyl (C=O) groups excluding carboxylic acids is 1. The second-order valence-electron chi connectivity index (χ2n) is 5.44. The van der Waals surface area contributed by atoms with Crippen LogP contribution in [0.1, 0.15) is 41.6 Å². The van der Waals surface area contributed by atoms with Crippen LogP contribution in [0.2, 0.25) is 0 Å². The van der Waals surface area contributed by atoms with Crippen molar-refractivity contribution < 1.29 is 19.4 Å². The number of anilines is 1. The Morgan fingerprint density at radius 3 is 2.29 bits per heavy atom. The second kappa shape index (κ2) is 6.93. The molecule has 0 saturated carbocycles. The topological polar surface area (TPSA) is 66.8 Å². The number of ether oxygens (including phenoxy) is 1. The summed E-state index contributed by atoms with van der Waals surface area (Å²) in [5, 5.41) is 9.92. The quantitative estimate of drug-likeness (QED) is 0.818. The minimum absolute atomic E-state index is 0.0904. The van der Waals surface area contributed by atoms with Gasteiger partial charge in [-0.2, -0.15) is 0 Å². The molecule has 0 aliphatic heterocycles. The van der Waals surface area contributed by atoms with E-state index in [1.165, 1.54) is 18.4 Å². The van der Waals surface area contributed by atoms with E-state index in [1.54, 1.807) is 6.92 Å². The van der Waals surface area contributed by atoms with Crippen LogP contribution >= 0.6 is 11.3 Å². The largest absolute Gasteiger partial charge is 0.481 e. The summed E-state index contributed by atoms with van der Waals surface area (Å²) in [6, 6.07) is 0.0904. The summed E-state index contributed by atoms with van der Waals surface area (Å²) < 4.78 is 4.88. The number of methoxy groups -OCH3 is 1. The van der Waals surface area contributed by atoms with E-state index in [1.807, 2.05) is 32.6 Å². The normalized spacial score (nSPS) is 12.3. The van der Waals surface area contributed by atoms with E-state index in [0.717, 1.165) is 15.4 Å². The van der Waals surface area contributed by atoms with Gasteiger partial charge in [-0.05, 0) is 33.3 Å². The third kappa shape index (κ3) is 3.75. The Balaban J connectivity index is 3.29. The monoisotopic (exact) mass is 313 g/mol. The lowest BCUT2D eigenvalue weighted by Gasteiger charge is -2.30. The molecule has 118 valence electrons. The minimum atomic E-state index is -0.842. The van der Waals surface area contributed by atoms with Crippen LogP contribution in [0.15, 0.2) is 0 Å². The molecule has 0 aliphatic rings. The molecule has 0 radical (unpaired) electrons. The fraction of sp³-hybridized carbons (Fsp3) is 0.600. The van der Waals surface area contributed by atoms with Gasteiger partial charge < -0.3 is 14.7 Å². The van der Waals surface area contributed by atoms with Gasteiger partial charge in [0, 0.05) is 17.5 Å². The van der Waals surface area contributed by atoms with Gasteiger partial charge in [0.25, 0.3) is 0 Å². The number of hydrogen-bond donors (Lipinski definition) is 1. The Hall–Kier alpha value is -1.56. The number of thiophene rings is 1. The number of rotatable bonds is 6. The maximum absolute atomic E-state index is 12.1. The van der Waals surface area contributed by atoms with Crippen LogP contribution < -0.4 is 4.90 Å². The van der Waals surface area contributed by atoms with Crippen molar-refractivity contribution in [3.63, 3.8) is 0 Å². The number of aryl methyl sites for hydroxylation is 1. The lowest BCUT2D eigenvalue weighted by molar-refractivity contribution is -0.140. The number of esters is 1. The standard InChI is InChI=1S/C15H23NO4S/c1-8(2)16(7-9(3)14(17)18)13-12(15(19)20-6)10(4)11(5)21-13/h8-9H,7H2,1-6H3,(H,17,18). The number of carbonyl (C=O) groups is 2. The molecule has 1 aromatic heterocycles. The molecule has 0 aromatic carbocycles. The van der Waals surface area contributed by atoms with Crippen LogP contribution in [0.4, 0.5) is 5.00 Å². The average Bonchev–Trinajstić information content (AvgIpc) is 2.70. The molecule has 6 heteroatoms. The Labute approximate surface area is 129 Å². The van der Waals surface area contributed by atoms with E-state index in [0.29, 0.717) is 12.1 Å². The van der Waals surface area contributed by atoms with Crippen LogP contribution in [0.25, 0.3) is 0 Å². The molecule has 21 heavy (non-hydrogen) atoms. The van der Waals surface area contributed by atoms with E-state index in [4.69, 9.17) is 9.84 Å². The zero-order valence-electron chi connectivity index (χ0n) is 13.4. The third-order valence-corrected chi connectivity index (χ3v) is 4.78. The van der Waals surface area contributed by atoms with Crippen molar-refractivity contribution in [1.29, 1.82) is 0 Å². The number of aliphatic carboxylic acids is 1. The van der Waals surface area contributed by atoms with Crippen LogP contribution in [0.3, 0.4) is 0 Å². The second-order valence-corrected chi connectivity index (χ2v) is 6.64. The number of carboxylic acid groups (broad SMARTS) is 1. The smallest absolute Gasteiger partial charge is 0.341 e. The van der Waals surface area contributed by atoms with E-state index >= 15 is 0 Å². The maximum atomic E-state index is 12.1. The van der Waals surface area contributed by atoms with Gasteiger partial charge in [-0.15, -0.1) is 11.3 Å². The van der Waals surface area contributed by atoms with Crippen molar-refractivity contribution in [3.8, 4) is 0 Å². The van der Waals surface area contributed by atoms with Gasteiger partial charge >= 0.3 is 11.9 Å². The maximum Gasteiger partial charge on any atom is 0.341 e. The first-order valence-electron chi connectivity index (χ1n) is 6.88. The van der Waals surface area contributed by atoms with Gasteiger partial charge in [0.2, 0.25) is 0 Å². The molecule has 0 spiro atoms. The van der Waals surface area contributed by atoms with Crippen LogP contribution in [-0.2, 0) is 9.53 Å². The van der Waals surface area contributed by atoms with Crippen molar-refractivity contribution in [3.05, 3.63) is 16.0 Å². The Bertz CT molecular complexity index is 536. The summed E-state index contributed by atoms with van der Waals surface area (Å²) >= 11 is 1.51. The molecule has 1 heterocycles. The van der Waals surface area contributed by atoms with E-state index in [2.05, 4.69) is 0 Å². The van der Waals surface area contributed by atoms with E-state index < -0.39 is 11.9 Å². The average molecular weight is 313 g/mol. The predicted molar refractivity (Wildman–Crippen MR) is 84.4 cm³/mol. The number of carboxylic acids is 1. The molecule has 0 saturated heterocycles. The Morgan fingerprint density at radius 1 is 1.29 bits per heavy atom. The molecule has 0 fully saturated rings. The van der Waals surface area contributed by atoms with Gasteiger partial charge in [-0.25, -0.2) is 4.79 Å². The van der Waals surface area contributed by atoms with Gasteiger partial charge in [0.1, 0.15) is 5.00 Å². The SMILES string of the molecule is COC(=O)c1c(N(CC(C)C(=O)O)C(C)C)sc(C)c1C. The van der Waals surface area contributed by atoms with Gasteiger partial charge in [0.15, 0.2) is 0 Å². The fourth-order valence-corrected chi connectivity index (χ4v) is 3.34. The molecule has 5 nitrogen and oxygen atoms in total. The molecule has 0 bridgehead atoms. The lowest BCUT2D eigenvalue weighted by atomic mass is 10.1. The summed E-state index contributed by atoms with van der Waals surface area (Å²) in [6.45, 7) is 9.84. The minimum Gasteiger partial charge on any atom is -0.481 e. The van der Waals surface area contributed by atoms with E-state index in [-0.39, 0.29) is 12.0 Å². The predicted octanol–water partition coefficient (Wildman–Crippen LogP) is 3.09. The summed E-state index contributed by atoms with van der Waals surface area (Å²) in [7, 11) is 1.36. The van der Waals surface area contributed by atoms with Crippen molar-refractivity contribution in [1.82, 2.24) is 0 Å². The number of hydrogen-bond acceptors (Lipinski definition) is 5. The first kappa shape index (κ1) is 17.5. The molecule has 1 unspecified atom stereocenters. The molecule has 0 aliphatic carbocycles. The molecule has 1 N–H and O–H groups in total. The molecular formula is C15H23NO4S. The van der Waals surface area contributed by atoms with Crippen LogP contribution in [0.5, 0.6) is 0 Å². The summed E-state index contributed by atoms with van der Waals surface area (Å²) in [5.74, 6) is -1.73. The third-order valence-electron chi connectivity index (χ3n) is 3.53. The zero-order chi connectivity index (χ0) is 16.3. The first-order chi connectivity index (χ1) is 9.70. The highest BCUT2D eigenvalue weighted by Gasteiger charge is 2.27. The molecule has 1 aromatic rings. The van der Waals surface area contributed by atoms with Crippen molar-refractivity contribution in [2.75, 3.05) is 18.6 Å². The van der Waals surface area contributed by atoms with Crippen molar-refractivity contribution in [2.24, 2.45) is 5.92 Å². The number of nitrogens with zero attached hydrogens (tertiary/aromatic N) is 1. The fourth-order valence-electron chi connectivity index (χ4n) is 2.06. The van der Waals surface area contributed by atoms with Gasteiger partial charge in [-0.3, -0.25) is 4.79 Å². The van der Waals surface area contributed by atoms with Crippen molar-refractivity contribution >= 4 is 28.3 Å². The molecule has 1 atom stereocenters. The summed E-state index contributed by atoms with van der Waals surface area (Å²) in [5.41, 5.74) is 1.45. The highest BCUT2D eigenvalue weighted by molar-refractivity contribution is 7.16. The lowest BCUT2D eigenvalue weighted by Crippen LogP contribution is -2.37. The van der Waals surface area contributed by atoms with E-state index in [9.17, 15) is 9.59 Å². The van der Waals surface area contributed by atoms with Crippen LogP contribution in [-0.4, -0.2) is 36.7 Å². The summed E-state index contributed by atoms with van der Waals surface area (Å²) in [4.78, 5) is 26.2. The molecule has 1 rings (SSSR count). The first-order valence-corrected chi connectivity index (χ1v) is 7.70.